The number of nitro benzene ring substituents is 1. The Balaban J connectivity index is 1.76. The van der Waals surface area contributed by atoms with Crippen LogP contribution >= 0.6 is 0 Å². The molecule has 3 rings (SSSR count). The van der Waals surface area contributed by atoms with Gasteiger partial charge in [-0.15, -0.1) is 0 Å². The minimum Gasteiger partial charge on any atom is -0.326 e. The average molecular weight is 337 g/mol. The molecule has 25 heavy (non-hydrogen) atoms. The van der Waals surface area contributed by atoms with Gasteiger partial charge in [-0.1, -0.05) is 24.3 Å². The Kier molecular flexibility index (Phi) is 4.35. The number of hydrogen-bond donors (Lipinski definition) is 1. The molecule has 1 heterocycles. The van der Waals surface area contributed by atoms with Crippen LogP contribution in [0, 0.1) is 10.1 Å². The molecule has 0 saturated carbocycles. The lowest BCUT2D eigenvalue weighted by atomic mass is 9.86. The van der Waals surface area contributed by atoms with Crippen LogP contribution in [0.1, 0.15) is 31.4 Å². The second kappa shape index (κ2) is 6.47. The van der Waals surface area contributed by atoms with Gasteiger partial charge < -0.3 is 5.32 Å². The van der Waals surface area contributed by atoms with Gasteiger partial charge in [-0.05, 0) is 43.5 Å². The molecule has 0 saturated heterocycles. The van der Waals surface area contributed by atoms with Crippen molar-refractivity contribution in [3.63, 3.8) is 0 Å². The van der Waals surface area contributed by atoms with E-state index in [1.807, 2.05) is 18.2 Å². The van der Waals surface area contributed by atoms with Crippen LogP contribution < -0.4 is 5.32 Å². The molecular formula is C19H19N3O3. The summed E-state index contributed by atoms with van der Waals surface area (Å²) in [6.07, 6.45) is 1.01. The molecule has 0 aliphatic carbocycles. The van der Waals surface area contributed by atoms with Gasteiger partial charge in [-0.3, -0.25) is 19.9 Å². The summed E-state index contributed by atoms with van der Waals surface area (Å²) in [6.45, 7) is 4.11. The SMILES string of the molecule is CC1(C)Cc2ccccc2C(CC(=O)Nc2ccc([N+](=O)[O-])cc2)=N1. The first-order valence-electron chi connectivity index (χ1n) is 8.05. The third-order valence-corrected chi connectivity index (χ3v) is 4.08. The number of nitro groups is 1. The monoisotopic (exact) mass is 337 g/mol. The van der Waals surface area contributed by atoms with Crippen molar-refractivity contribution >= 4 is 23.0 Å². The fourth-order valence-electron chi connectivity index (χ4n) is 3.05. The molecule has 2 aromatic rings. The Morgan fingerprint density at radius 2 is 1.88 bits per heavy atom. The van der Waals surface area contributed by atoms with E-state index in [1.54, 1.807) is 0 Å². The maximum atomic E-state index is 12.4. The second-order valence-corrected chi connectivity index (χ2v) is 6.73. The highest BCUT2D eigenvalue weighted by Crippen LogP contribution is 2.28. The van der Waals surface area contributed by atoms with E-state index in [-0.39, 0.29) is 23.6 Å². The van der Waals surface area contributed by atoms with Crippen LogP contribution in [0.2, 0.25) is 0 Å². The maximum absolute atomic E-state index is 12.4. The number of rotatable bonds is 4. The molecule has 0 aromatic heterocycles. The Labute approximate surface area is 145 Å². The van der Waals surface area contributed by atoms with E-state index in [9.17, 15) is 14.9 Å². The van der Waals surface area contributed by atoms with E-state index in [4.69, 9.17) is 4.99 Å². The fraction of sp³-hybridized carbons (Fsp3) is 0.263. The number of carbonyl (C=O) groups excluding carboxylic acids is 1. The van der Waals surface area contributed by atoms with Crippen LogP contribution in [0.3, 0.4) is 0 Å². The van der Waals surface area contributed by atoms with Crippen LogP contribution in [-0.4, -0.2) is 22.1 Å². The van der Waals surface area contributed by atoms with Gasteiger partial charge in [0.25, 0.3) is 5.69 Å². The molecule has 128 valence electrons. The molecule has 1 N–H and O–H groups in total. The number of benzene rings is 2. The molecule has 0 bridgehead atoms. The van der Waals surface area contributed by atoms with E-state index in [0.717, 1.165) is 17.7 Å². The smallest absolute Gasteiger partial charge is 0.269 e. The second-order valence-electron chi connectivity index (χ2n) is 6.73. The summed E-state index contributed by atoms with van der Waals surface area (Å²) in [6, 6.07) is 13.8. The number of amides is 1. The molecule has 1 aliphatic heterocycles. The van der Waals surface area contributed by atoms with Crippen LogP contribution in [0.4, 0.5) is 11.4 Å². The number of nitrogens with one attached hydrogen (secondary N) is 1. The minimum absolute atomic E-state index is 0.00895. The van der Waals surface area contributed by atoms with Crippen LogP contribution in [0.25, 0.3) is 0 Å². The molecule has 6 nitrogen and oxygen atoms in total. The highest BCUT2D eigenvalue weighted by Gasteiger charge is 2.27. The number of non-ortho nitro benzene ring substituents is 1. The molecule has 0 radical (unpaired) electrons. The van der Waals surface area contributed by atoms with Gasteiger partial charge in [-0.25, -0.2) is 0 Å². The maximum Gasteiger partial charge on any atom is 0.269 e. The standard InChI is InChI=1S/C19H19N3O3/c1-19(2)12-13-5-3-4-6-16(13)17(21-19)11-18(23)20-14-7-9-15(10-8-14)22(24)25/h3-10H,11-12H2,1-2H3,(H,20,23). The summed E-state index contributed by atoms with van der Waals surface area (Å²) >= 11 is 0. The molecule has 1 amide bonds. The third-order valence-electron chi connectivity index (χ3n) is 4.08. The van der Waals surface area contributed by atoms with Crippen LogP contribution in [0.15, 0.2) is 53.5 Å². The molecule has 0 unspecified atom stereocenters. The van der Waals surface area contributed by atoms with Gasteiger partial charge in [0.2, 0.25) is 5.91 Å². The van der Waals surface area contributed by atoms with Crippen LogP contribution in [-0.2, 0) is 11.2 Å². The van der Waals surface area contributed by atoms with Crippen molar-refractivity contribution in [2.24, 2.45) is 4.99 Å². The number of fused-ring (bicyclic) bond motifs is 1. The van der Waals surface area contributed by atoms with E-state index < -0.39 is 4.92 Å². The zero-order chi connectivity index (χ0) is 18.0. The van der Waals surface area contributed by atoms with Gasteiger partial charge in [0.15, 0.2) is 0 Å². The summed E-state index contributed by atoms with van der Waals surface area (Å²) in [5, 5.41) is 13.4. The normalized spacial score (nSPS) is 15.0. The Morgan fingerprint density at radius 1 is 1.20 bits per heavy atom. The first kappa shape index (κ1) is 16.8. The van der Waals surface area contributed by atoms with Crippen molar-refractivity contribution < 1.29 is 9.72 Å². The largest absolute Gasteiger partial charge is 0.326 e. The summed E-state index contributed by atoms with van der Waals surface area (Å²) in [7, 11) is 0. The highest BCUT2D eigenvalue weighted by atomic mass is 16.6. The number of aliphatic imine (C=N–C) groups is 1. The molecular weight excluding hydrogens is 318 g/mol. The number of carbonyl (C=O) groups is 1. The average Bonchev–Trinajstić information content (AvgIpc) is 2.54. The lowest BCUT2D eigenvalue weighted by Gasteiger charge is -2.28. The first-order chi connectivity index (χ1) is 11.8. The van der Waals surface area contributed by atoms with E-state index in [2.05, 4.69) is 25.2 Å². The number of anilines is 1. The van der Waals surface area contributed by atoms with Gasteiger partial charge >= 0.3 is 0 Å². The highest BCUT2D eigenvalue weighted by molar-refractivity contribution is 6.14. The van der Waals surface area contributed by atoms with E-state index in [1.165, 1.54) is 29.8 Å². The topological polar surface area (TPSA) is 84.6 Å². The van der Waals surface area contributed by atoms with Crippen molar-refractivity contribution in [2.75, 3.05) is 5.32 Å². The van der Waals surface area contributed by atoms with Gasteiger partial charge in [0.1, 0.15) is 0 Å². The Morgan fingerprint density at radius 3 is 2.56 bits per heavy atom. The van der Waals surface area contributed by atoms with E-state index >= 15 is 0 Å². The van der Waals surface area contributed by atoms with Gasteiger partial charge in [-0.2, -0.15) is 0 Å². The van der Waals surface area contributed by atoms with Crippen molar-refractivity contribution in [3.05, 3.63) is 69.8 Å². The predicted molar refractivity (Wildman–Crippen MR) is 97.1 cm³/mol. The summed E-state index contributed by atoms with van der Waals surface area (Å²) in [5.74, 6) is -0.194. The summed E-state index contributed by atoms with van der Waals surface area (Å²) in [4.78, 5) is 27.3. The summed E-state index contributed by atoms with van der Waals surface area (Å²) in [5.41, 5.74) is 3.26. The molecule has 0 atom stereocenters. The molecule has 1 aliphatic rings. The van der Waals surface area contributed by atoms with Crippen molar-refractivity contribution in [2.45, 2.75) is 32.2 Å². The van der Waals surface area contributed by atoms with Crippen molar-refractivity contribution in [3.8, 4) is 0 Å². The minimum atomic E-state index is -0.471. The van der Waals surface area contributed by atoms with Gasteiger partial charge in [0.05, 0.1) is 22.6 Å². The molecule has 6 heteroatoms. The van der Waals surface area contributed by atoms with Gasteiger partial charge in [0, 0.05) is 17.8 Å². The zero-order valence-electron chi connectivity index (χ0n) is 14.2. The molecule has 0 fully saturated rings. The van der Waals surface area contributed by atoms with Crippen molar-refractivity contribution in [1.82, 2.24) is 0 Å². The Hall–Kier alpha value is -3.02. The van der Waals surface area contributed by atoms with E-state index in [0.29, 0.717) is 5.69 Å². The Bertz CT molecular complexity index is 854. The number of nitrogens with zero attached hydrogens (tertiary/aromatic N) is 2. The zero-order valence-corrected chi connectivity index (χ0v) is 14.2. The first-order valence-corrected chi connectivity index (χ1v) is 8.05. The fourth-order valence-corrected chi connectivity index (χ4v) is 3.05. The molecule has 0 spiro atoms. The number of hydrogen-bond acceptors (Lipinski definition) is 4. The third kappa shape index (κ3) is 3.91. The predicted octanol–water partition coefficient (Wildman–Crippen LogP) is 3.75. The lowest BCUT2D eigenvalue weighted by Crippen LogP contribution is -2.30. The lowest BCUT2D eigenvalue weighted by molar-refractivity contribution is -0.384. The van der Waals surface area contributed by atoms with Crippen molar-refractivity contribution in [1.29, 1.82) is 0 Å². The summed E-state index contributed by atoms with van der Waals surface area (Å²) < 4.78 is 0. The molecule has 2 aromatic carbocycles. The van der Waals surface area contributed by atoms with Crippen LogP contribution in [0.5, 0.6) is 0 Å². The quantitative estimate of drug-likeness (QED) is 0.681.